The summed E-state index contributed by atoms with van der Waals surface area (Å²) < 4.78 is 0. The summed E-state index contributed by atoms with van der Waals surface area (Å²) in [7, 11) is 0. The molecular weight excluding hydrogens is 238 g/mol. The van der Waals surface area contributed by atoms with Crippen LogP contribution in [-0.4, -0.2) is 0 Å². The molecular formula is C16H21NS. The van der Waals surface area contributed by atoms with Crippen molar-refractivity contribution in [1.82, 2.24) is 5.32 Å². The van der Waals surface area contributed by atoms with Crippen LogP contribution < -0.4 is 5.32 Å². The zero-order valence-electron chi connectivity index (χ0n) is 11.5. The molecule has 18 heavy (non-hydrogen) atoms. The van der Waals surface area contributed by atoms with Crippen molar-refractivity contribution in [2.24, 2.45) is 0 Å². The van der Waals surface area contributed by atoms with Crippen LogP contribution in [-0.2, 0) is 0 Å². The number of hydrogen-bond acceptors (Lipinski definition) is 2. The van der Waals surface area contributed by atoms with E-state index in [4.69, 9.17) is 0 Å². The van der Waals surface area contributed by atoms with Crippen molar-refractivity contribution >= 4 is 11.3 Å². The fraction of sp³-hybridized carbons (Fsp3) is 0.375. The highest BCUT2D eigenvalue weighted by Crippen LogP contribution is 2.24. The van der Waals surface area contributed by atoms with Gasteiger partial charge in [0.15, 0.2) is 0 Å². The van der Waals surface area contributed by atoms with Gasteiger partial charge in [-0.3, -0.25) is 0 Å². The van der Waals surface area contributed by atoms with Gasteiger partial charge in [0, 0.05) is 17.0 Å². The maximum absolute atomic E-state index is 3.68. The molecule has 2 heteroatoms. The molecule has 1 aromatic carbocycles. The van der Waals surface area contributed by atoms with Crippen molar-refractivity contribution < 1.29 is 0 Å². The zero-order valence-corrected chi connectivity index (χ0v) is 12.3. The first kappa shape index (κ1) is 13.3. The summed E-state index contributed by atoms with van der Waals surface area (Å²) in [5, 5.41) is 5.81. The monoisotopic (exact) mass is 259 g/mol. The molecule has 2 rings (SSSR count). The van der Waals surface area contributed by atoms with Gasteiger partial charge in [0.05, 0.1) is 0 Å². The molecule has 1 heterocycles. The maximum Gasteiger partial charge on any atom is 0.0391 e. The second kappa shape index (κ2) is 5.68. The SMILES string of the molecule is Cc1ccc(C)c(C(C)N[C@@H](C)c2cccs2)c1. The van der Waals surface area contributed by atoms with Gasteiger partial charge in [-0.15, -0.1) is 11.3 Å². The van der Waals surface area contributed by atoms with Gasteiger partial charge in [-0.1, -0.05) is 29.8 Å². The van der Waals surface area contributed by atoms with Crippen molar-refractivity contribution in [2.75, 3.05) is 0 Å². The van der Waals surface area contributed by atoms with E-state index in [9.17, 15) is 0 Å². The topological polar surface area (TPSA) is 12.0 Å². The van der Waals surface area contributed by atoms with Gasteiger partial charge < -0.3 is 5.32 Å². The van der Waals surface area contributed by atoms with Crippen molar-refractivity contribution in [1.29, 1.82) is 0 Å². The molecule has 0 aliphatic heterocycles. The van der Waals surface area contributed by atoms with Crippen LogP contribution in [0.1, 0.15) is 47.5 Å². The number of rotatable bonds is 4. The van der Waals surface area contributed by atoms with E-state index in [1.165, 1.54) is 21.6 Å². The summed E-state index contributed by atoms with van der Waals surface area (Å²) >= 11 is 1.81. The highest BCUT2D eigenvalue weighted by molar-refractivity contribution is 7.10. The van der Waals surface area contributed by atoms with E-state index >= 15 is 0 Å². The lowest BCUT2D eigenvalue weighted by Crippen LogP contribution is -2.22. The molecule has 1 nitrogen and oxygen atoms in total. The fourth-order valence-corrected chi connectivity index (χ4v) is 3.05. The van der Waals surface area contributed by atoms with Crippen LogP contribution >= 0.6 is 11.3 Å². The van der Waals surface area contributed by atoms with E-state index in [1.54, 1.807) is 0 Å². The van der Waals surface area contributed by atoms with E-state index in [0.29, 0.717) is 12.1 Å². The average Bonchev–Trinajstić information content (AvgIpc) is 2.85. The number of hydrogen-bond donors (Lipinski definition) is 1. The third-order valence-corrected chi connectivity index (χ3v) is 4.43. The third-order valence-electron chi connectivity index (χ3n) is 3.37. The molecule has 0 spiro atoms. The van der Waals surface area contributed by atoms with Gasteiger partial charge in [0.25, 0.3) is 0 Å². The van der Waals surface area contributed by atoms with Crippen LogP contribution in [0.4, 0.5) is 0 Å². The Labute approximate surface area is 114 Å². The summed E-state index contributed by atoms with van der Waals surface area (Å²) in [6.45, 7) is 8.81. The Morgan fingerprint density at radius 2 is 1.83 bits per heavy atom. The summed E-state index contributed by atoms with van der Waals surface area (Å²) in [4.78, 5) is 1.40. The minimum atomic E-state index is 0.377. The van der Waals surface area contributed by atoms with E-state index in [2.05, 4.69) is 68.7 Å². The largest absolute Gasteiger partial charge is 0.303 e. The molecule has 0 saturated heterocycles. The summed E-state index contributed by atoms with van der Waals surface area (Å²) in [6, 6.07) is 11.8. The maximum atomic E-state index is 3.68. The Balaban J connectivity index is 2.12. The van der Waals surface area contributed by atoms with Crippen LogP contribution in [0.5, 0.6) is 0 Å². The van der Waals surface area contributed by atoms with E-state index in [-0.39, 0.29) is 0 Å². The van der Waals surface area contributed by atoms with Crippen LogP contribution in [0.15, 0.2) is 35.7 Å². The molecule has 1 N–H and O–H groups in total. The lowest BCUT2D eigenvalue weighted by molar-refractivity contribution is 0.498. The Morgan fingerprint density at radius 3 is 2.50 bits per heavy atom. The molecule has 0 bridgehead atoms. The minimum absolute atomic E-state index is 0.377. The lowest BCUT2D eigenvalue weighted by atomic mass is 9.99. The number of benzene rings is 1. The highest BCUT2D eigenvalue weighted by Gasteiger charge is 2.13. The molecule has 0 amide bonds. The van der Waals surface area contributed by atoms with Gasteiger partial charge >= 0.3 is 0 Å². The van der Waals surface area contributed by atoms with Crippen molar-refractivity contribution in [3.8, 4) is 0 Å². The predicted octanol–water partition coefficient (Wildman–Crippen LogP) is 4.78. The van der Waals surface area contributed by atoms with Crippen molar-refractivity contribution in [3.05, 3.63) is 57.3 Å². The number of aryl methyl sites for hydroxylation is 2. The second-order valence-electron chi connectivity index (χ2n) is 4.99. The molecule has 96 valence electrons. The van der Waals surface area contributed by atoms with Gasteiger partial charge in [-0.2, -0.15) is 0 Å². The first-order chi connectivity index (χ1) is 8.58. The number of nitrogens with one attached hydrogen (secondary N) is 1. The van der Waals surface area contributed by atoms with Crippen LogP contribution in [0.2, 0.25) is 0 Å². The van der Waals surface area contributed by atoms with Crippen molar-refractivity contribution in [2.45, 2.75) is 39.8 Å². The van der Waals surface area contributed by atoms with E-state index < -0.39 is 0 Å². The Hall–Kier alpha value is -1.12. The molecule has 0 radical (unpaired) electrons. The molecule has 0 saturated carbocycles. The van der Waals surface area contributed by atoms with Crippen LogP contribution in [0, 0.1) is 13.8 Å². The quantitative estimate of drug-likeness (QED) is 0.833. The Morgan fingerprint density at radius 1 is 1.06 bits per heavy atom. The first-order valence-electron chi connectivity index (χ1n) is 6.44. The van der Waals surface area contributed by atoms with Crippen LogP contribution in [0.3, 0.4) is 0 Å². The standard InChI is InChI=1S/C16H21NS/c1-11-7-8-12(2)15(10-11)13(3)17-14(4)16-6-5-9-18-16/h5-10,13-14,17H,1-4H3/t13?,14-/m0/s1. The minimum Gasteiger partial charge on any atom is -0.303 e. The van der Waals surface area contributed by atoms with Gasteiger partial charge in [0.2, 0.25) is 0 Å². The van der Waals surface area contributed by atoms with E-state index in [1.807, 2.05) is 11.3 Å². The highest BCUT2D eigenvalue weighted by atomic mass is 32.1. The summed E-state index contributed by atoms with van der Waals surface area (Å²) in [6.07, 6.45) is 0. The Kier molecular flexibility index (Phi) is 4.20. The lowest BCUT2D eigenvalue weighted by Gasteiger charge is -2.21. The molecule has 0 aliphatic carbocycles. The number of thiophene rings is 1. The van der Waals surface area contributed by atoms with Gasteiger partial charge in [-0.25, -0.2) is 0 Å². The summed E-state index contributed by atoms with van der Waals surface area (Å²) in [5.74, 6) is 0. The molecule has 2 atom stereocenters. The Bertz CT molecular complexity index is 502. The van der Waals surface area contributed by atoms with Crippen molar-refractivity contribution in [3.63, 3.8) is 0 Å². The zero-order chi connectivity index (χ0) is 13.1. The second-order valence-corrected chi connectivity index (χ2v) is 5.96. The van der Waals surface area contributed by atoms with Gasteiger partial charge in [0.1, 0.15) is 0 Å². The average molecular weight is 259 g/mol. The van der Waals surface area contributed by atoms with E-state index in [0.717, 1.165) is 0 Å². The molecule has 1 aromatic heterocycles. The molecule has 1 unspecified atom stereocenters. The van der Waals surface area contributed by atoms with Gasteiger partial charge in [-0.05, 0) is 50.3 Å². The van der Waals surface area contributed by atoms with Crippen LogP contribution in [0.25, 0.3) is 0 Å². The normalized spacial score (nSPS) is 14.4. The molecule has 2 aromatic rings. The third kappa shape index (κ3) is 3.01. The first-order valence-corrected chi connectivity index (χ1v) is 7.32. The summed E-state index contributed by atoms with van der Waals surface area (Å²) in [5.41, 5.74) is 4.09. The fourth-order valence-electron chi connectivity index (χ4n) is 2.31. The molecule has 0 aliphatic rings. The predicted molar refractivity (Wildman–Crippen MR) is 80.2 cm³/mol. The molecule has 0 fully saturated rings. The smallest absolute Gasteiger partial charge is 0.0391 e.